The maximum Gasteiger partial charge on any atom is 0.156 e. The largest absolute Gasteiger partial charge is 0.385 e. The van der Waals surface area contributed by atoms with Gasteiger partial charge in [0.05, 0.1) is 5.60 Å². The maximum atomic E-state index is 12.2. The first-order valence-corrected chi connectivity index (χ1v) is 12.4. The second-order valence-corrected chi connectivity index (χ2v) is 10.9. The summed E-state index contributed by atoms with van der Waals surface area (Å²) in [6.07, 6.45) is 12.6. The van der Waals surface area contributed by atoms with Crippen LogP contribution in [0.3, 0.4) is 0 Å². The van der Waals surface area contributed by atoms with Crippen molar-refractivity contribution in [2.75, 3.05) is 19.0 Å². The average molecular weight is 432 g/mol. The number of benzene rings is 1. The highest BCUT2D eigenvalue weighted by molar-refractivity contribution is 5.93. The summed E-state index contributed by atoms with van der Waals surface area (Å²) in [6.45, 7) is 4.38. The molecule has 2 fully saturated rings. The van der Waals surface area contributed by atoms with Crippen molar-refractivity contribution in [2.45, 2.75) is 70.3 Å². The Labute approximate surface area is 192 Å². The molecule has 0 amide bonds. The molecule has 5 rings (SSSR count). The number of rotatable bonds is 3. The third-order valence-electron chi connectivity index (χ3n) is 9.20. The molecule has 0 aromatic heterocycles. The number of hydrogen-bond acceptors (Lipinski definition) is 3. The van der Waals surface area contributed by atoms with Crippen LogP contribution >= 0.6 is 0 Å². The molecule has 4 aliphatic carbocycles. The molecule has 0 radical (unpaired) electrons. The number of ketones is 1. The van der Waals surface area contributed by atoms with Crippen LogP contribution in [0.2, 0.25) is 0 Å². The van der Waals surface area contributed by atoms with Gasteiger partial charge in [-0.25, -0.2) is 0 Å². The minimum absolute atomic E-state index is 0.134. The van der Waals surface area contributed by atoms with E-state index in [0.29, 0.717) is 30.0 Å². The van der Waals surface area contributed by atoms with Crippen LogP contribution < -0.4 is 4.90 Å². The Bertz CT molecular complexity index is 1010. The van der Waals surface area contributed by atoms with Crippen molar-refractivity contribution in [3.05, 3.63) is 64.8 Å². The second-order valence-electron chi connectivity index (χ2n) is 10.9. The summed E-state index contributed by atoms with van der Waals surface area (Å²) in [5.74, 6) is 1.60. The topological polar surface area (TPSA) is 40.5 Å². The van der Waals surface area contributed by atoms with Crippen molar-refractivity contribution in [3.63, 3.8) is 0 Å². The highest BCUT2D eigenvalue weighted by atomic mass is 16.3. The van der Waals surface area contributed by atoms with Gasteiger partial charge in [0.2, 0.25) is 0 Å². The number of anilines is 1. The second kappa shape index (κ2) is 7.73. The zero-order valence-corrected chi connectivity index (χ0v) is 20.0. The molecule has 32 heavy (non-hydrogen) atoms. The Kier molecular flexibility index (Phi) is 5.24. The Morgan fingerprint density at radius 2 is 1.84 bits per heavy atom. The van der Waals surface area contributed by atoms with Crippen LogP contribution in [0.15, 0.2) is 59.2 Å². The summed E-state index contributed by atoms with van der Waals surface area (Å²) in [6, 6.07) is 9.04. The molecule has 0 bridgehead atoms. The smallest absolute Gasteiger partial charge is 0.156 e. The van der Waals surface area contributed by atoms with Crippen LogP contribution in [-0.2, 0) is 4.79 Å². The molecule has 3 nitrogen and oxygen atoms in total. The predicted octanol–water partition coefficient (Wildman–Crippen LogP) is 5.96. The van der Waals surface area contributed by atoms with Crippen molar-refractivity contribution < 1.29 is 9.90 Å². The van der Waals surface area contributed by atoms with E-state index in [-0.39, 0.29) is 5.41 Å². The van der Waals surface area contributed by atoms with Crippen LogP contribution in [0.1, 0.15) is 70.3 Å². The molecular weight excluding hydrogens is 394 g/mol. The van der Waals surface area contributed by atoms with Crippen LogP contribution in [0, 0.1) is 17.3 Å². The monoisotopic (exact) mass is 431 g/mol. The first-order valence-electron chi connectivity index (χ1n) is 12.4. The molecular formula is C29H37NO2. The number of fused-ring (bicyclic) bond motifs is 4. The van der Waals surface area contributed by atoms with Gasteiger partial charge in [0.15, 0.2) is 5.78 Å². The first-order chi connectivity index (χ1) is 15.3. The lowest BCUT2D eigenvalue weighted by atomic mass is 9.51. The molecule has 0 heterocycles. The first kappa shape index (κ1) is 21.7. The fraction of sp³-hybridized carbons (Fsp3) is 0.552. The molecule has 170 valence electrons. The lowest BCUT2D eigenvalue weighted by molar-refractivity contribution is -0.114. The molecule has 0 unspecified atom stereocenters. The van der Waals surface area contributed by atoms with Crippen molar-refractivity contribution in [1.82, 2.24) is 0 Å². The van der Waals surface area contributed by atoms with Gasteiger partial charge in [-0.05, 0) is 92.2 Å². The third kappa shape index (κ3) is 3.15. The zero-order valence-electron chi connectivity index (χ0n) is 20.0. The van der Waals surface area contributed by atoms with Gasteiger partial charge in [0.1, 0.15) is 0 Å². The Morgan fingerprint density at radius 3 is 2.53 bits per heavy atom. The molecule has 0 saturated heterocycles. The van der Waals surface area contributed by atoms with Gasteiger partial charge < -0.3 is 10.0 Å². The number of hydrogen-bond donors (Lipinski definition) is 1. The molecule has 4 aliphatic rings. The molecule has 0 spiro atoms. The van der Waals surface area contributed by atoms with E-state index in [0.717, 1.165) is 38.5 Å². The quantitative estimate of drug-likeness (QED) is 0.600. The fourth-order valence-electron chi connectivity index (χ4n) is 7.55. The summed E-state index contributed by atoms with van der Waals surface area (Å²) in [7, 11) is 4.16. The zero-order chi connectivity index (χ0) is 22.7. The number of carbonyl (C=O) groups excluding carboxylic acids is 1. The standard InChI is InChI=1S/C29H37NO2/c1-5-15-29(32)16-14-26-24-12-8-20-17-22(31)11-13-23(20)27(24)25(18-28(26,29)2)19-6-9-21(10-7-19)30(3)4/h5-7,9-10,15,17,24-26,32H,8,11-14,16,18H2,1-4H3/b15-5+/t24-,25+,26-,28-,29+/m0/s1. The van der Waals surface area contributed by atoms with E-state index in [1.54, 1.807) is 5.57 Å². The minimum Gasteiger partial charge on any atom is -0.385 e. The molecule has 1 N–H and O–H groups in total. The molecule has 1 aromatic rings. The van der Waals surface area contributed by atoms with Gasteiger partial charge in [0, 0.05) is 37.5 Å². The van der Waals surface area contributed by atoms with Gasteiger partial charge in [-0.1, -0.05) is 36.8 Å². The van der Waals surface area contributed by atoms with E-state index < -0.39 is 5.60 Å². The van der Waals surface area contributed by atoms with Crippen LogP contribution in [0.5, 0.6) is 0 Å². The summed E-state index contributed by atoms with van der Waals surface area (Å²) < 4.78 is 0. The van der Waals surface area contributed by atoms with Crippen LogP contribution in [0.4, 0.5) is 5.69 Å². The lowest BCUT2D eigenvalue weighted by Gasteiger charge is -2.54. The Hall–Kier alpha value is -2.13. The number of allylic oxidation sites excluding steroid dienone is 5. The van der Waals surface area contributed by atoms with Crippen LogP contribution in [0.25, 0.3) is 0 Å². The maximum absolute atomic E-state index is 12.2. The van der Waals surface area contributed by atoms with Crippen LogP contribution in [-0.4, -0.2) is 30.6 Å². The van der Waals surface area contributed by atoms with Crippen molar-refractivity contribution in [1.29, 1.82) is 0 Å². The van der Waals surface area contributed by atoms with E-state index >= 15 is 0 Å². The van der Waals surface area contributed by atoms with Crippen molar-refractivity contribution >= 4 is 11.5 Å². The van der Waals surface area contributed by atoms with Gasteiger partial charge in [-0.2, -0.15) is 0 Å². The van der Waals surface area contributed by atoms with Crippen molar-refractivity contribution in [2.24, 2.45) is 17.3 Å². The predicted molar refractivity (Wildman–Crippen MR) is 131 cm³/mol. The highest BCUT2D eigenvalue weighted by Gasteiger charge is 2.61. The van der Waals surface area contributed by atoms with Gasteiger partial charge >= 0.3 is 0 Å². The number of nitrogens with zero attached hydrogens (tertiary/aromatic N) is 1. The normalized spacial score (nSPS) is 36.6. The van der Waals surface area contributed by atoms with Gasteiger partial charge in [0.25, 0.3) is 0 Å². The molecule has 5 atom stereocenters. The number of carbonyl (C=O) groups is 1. The molecule has 1 aromatic carbocycles. The Balaban J connectivity index is 1.66. The summed E-state index contributed by atoms with van der Waals surface area (Å²) >= 11 is 0. The number of aliphatic hydroxyl groups is 1. The van der Waals surface area contributed by atoms with E-state index in [4.69, 9.17) is 0 Å². The SMILES string of the molecule is C/C=C/[C@@]1(O)CC[C@H]2[C@@H]3CCC4=CC(=O)CCC4=C3[C@@H](c3ccc(N(C)C)cc3)C[C@@]21C. The average Bonchev–Trinajstić information content (AvgIpc) is 3.03. The van der Waals surface area contributed by atoms with Crippen molar-refractivity contribution in [3.8, 4) is 0 Å². The third-order valence-corrected chi connectivity index (χ3v) is 9.20. The Morgan fingerprint density at radius 1 is 1.09 bits per heavy atom. The van der Waals surface area contributed by atoms with E-state index in [9.17, 15) is 9.90 Å². The van der Waals surface area contributed by atoms with E-state index in [2.05, 4.69) is 56.3 Å². The lowest BCUT2D eigenvalue weighted by Crippen LogP contribution is -2.50. The molecule has 0 aliphatic heterocycles. The fourth-order valence-corrected chi connectivity index (χ4v) is 7.55. The highest BCUT2D eigenvalue weighted by Crippen LogP contribution is 2.67. The van der Waals surface area contributed by atoms with E-state index in [1.165, 1.54) is 22.4 Å². The summed E-state index contributed by atoms with van der Waals surface area (Å²) in [5.41, 5.74) is 6.07. The molecule has 3 heteroatoms. The summed E-state index contributed by atoms with van der Waals surface area (Å²) in [4.78, 5) is 14.3. The minimum atomic E-state index is -0.733. The van der Waals surface area contributed by atoms with Gasteiger partial charge in [-0.15, -0.1) is 0 Å². The molecule has 2 saturated carbocycles. The summed E-state index contributed by atoms with van der Waals surface area (Å²) in [5, 5.41) is 11.8. The van der Waals surface area contributed by atoms with E-state index in [1.807, 2.05) is 19.1 Å². The van der Waals surface area contributed by atoms with Gasteiger partial charge in [-0.3, -0.25) is 4.79 Å².